The predicted octanol–water partition coefficient (Wildman–Crippen LogP) is 1.29. The molecular formula is C9H8ClN5O. The first-order valence-corrected chi connectivity index (χ1v) is 4.76. The van der Waals surface area contributed by atoms with Crippen molar-refractivity contribution < 1.29 is 4.79 Å². The van der Waals surface area contributed by atoms with Crippen LogP contribution >= 0.6 is 11.6 Å². The second-order valence-electron chi connectivity index (χ2n) is 3.02. The summed E-state index contributed by atoms with van der Waals surface area (Å²) in [5.74, 6) is -0.0568. The van der Waals surface area contributed by atoms with E-state index in [0.717, 1.165) is 0 Å². The smallest absolute Gasteiger partial charge is 0.258 e. The van der Waals surface area contributed by atoms with Crippen LogP contribution < -0.4 is 11.1 Å². The van der Waals surface area contributed by atoms with Crippen LogP contribution in [0.1, 0.15) is 10.4 Å². The van der Waals surface area contributed by atoms with Crippen molar-refractivity contribution in [2.45, 2.75) is 0 Å². The van der Waals surface area contributed by atoms with E-state index in [9.17, 15) is 4.79 Å². The standard InChI is InChI=1S/C9H8ClN5O/c10-6-2-1-5(3-7(6)11)8(16)14-9-12-4-13-15-9/h1-4H,11H2,(H2,12,13,14,15,16). The molecule has 6 nitrogen and oxygen atoms in total. The SMILES string of the molecule is Nc1cc(C(=O)Nc2ncn[nH]2)ccc1Cl. The number of H-pyrrole nitrogens is 1. The number of anilines is 2. The van der Waals surface area contributed by atoms with Crippen molar-refractivity contribution in [3.63, 3.8) is 0 Å². The fourth-order valence-corrected chi connectivity index (χ4v) is 1.25. The highest BCUT2D eigenvalue weighted by Crippen LogP contribution is 2.19. The lowest BCUT2D eigenvalue weighted by molar-refractivity contribution is 0.102. The number of aromatic amines is 1. The Labute approximate surface area is 95.8 Å². The zero-order chi connectivity index (χ0) is 11.5. The van der Waals surface area contributed by atoms with Gasteiger partial charge >= 0.3 is 0 Å². The average molecular weight is 238 g/mol. The van der Waals surface area contributed by atoms with Crippen LogP contribution in [0.15, 0.2) is 24.5 Å². The van der Waals surface area contributed by atoms with Crippen LogP contribution in [-0.2, 0) is 0 Å². The maximum atomic E-state index is 11.7. The van der Waals surface area contributed by atoms with E-state index in [4.69, 9.17) is 17.3 Å². The molecule has 7 heteroatoms. The number of hydrogen-bond donors (Lipinski definition) is 3. The molecule has 0 aliphatic heterocycles. The number of amides is 1. The van der Waals surface area contributed by atoms with Gasteiger partial charge in [-0.1, -0.05) is 11.6 Å². The largest absolute Gasteiger partial charge is 0.398 e. The van der Waals surface area contributed by atoms with Crippen molar-refractivity contribution >= 4 is 29.1 Å². The maximum absolute atomic E-state index is 11.7. The molecule has 1 aromatic heterocycles. The van der Waals surface area contributed by atoms with E-state index in [0.29, 0.717) is 16.3 Å². The molecule has 0 spiro atoms. The van der Waals surface area contributed by atoms with Crippen LogP contribution in [0.4, 0.5) is 11.6 Å². The fourth-order valence-electron chi connectivity index (χ4n) is 1.13. The predicted molar refractivity (Wildman–Crippen MR) is 60.2 cm³/mol. The monoisotopic (exact) mass is 237 g/mol. The molecule has 0 aliphatic carbocycles. The summed E-state index contributed by atoms with van der Waals surface area (Å²) in [6.45, 7) is 0. The minimum Gasteiger partial charge on any atom is -0.398 e. The lowest BCUT2D eigenvalue weighted by Gasteiger charge is -2.03. The molecule has 0 saturated carbocycles. The number of nitrogen functional groups attached to an aromatic ring is 1. The summed E-state index contributed by atoms with van der Waals surface area (Å²) >= 11 is 5.74. The summed E-state index contributed by atoms with van der Waals surface area (Å²) in [6, 6.07) is 4.63. The average Bonchev–Trinajstić information content (AvgIpc) is 2.74. The fraction of sp³-hybridized carbons (Fsp3) is 0. The van der Waals surface area contributed by atoms with Crippen molar-refractivity contribution in [1.29, 1.82) is 0 Å². The first-order chi connectivity index (χ1) is 7.66. The third-order valence-corrected chi connectivity index (χ3v) is 2.25. The highest BCUT2D eigenvalue weighted by Gasteiger charge is 2.08. The second kappa shape index (κ2) is 4.19. The van der Waals surface area contributed by atoms with E-state index in [2.05, 4.69) is 20.5 Å². The summed E-state index contributed by atoms with van der Waals surface area (Å²) in [5, 5.41) is 9.05. The van der Waals surface area contributed by atoms with E-state index in [1.165, 1.54) is 12.4 Å². The third-order valence-electron chi connectivity index (χ3n) is 1.91. The van der Waals surface area contributed by atoms with Crippen LogP contribution in [0.3, 0.4) is 0 Å². The van der Waals surface area contributed by atoms with Crippen LogP contribution in [0.25, 0.3) is 0 Å². The number of benzene rings is 1. The van der Waals surface area contributed by atoms with E-state index < -0.39 is 0 Å². The first kappa shape index (κ1) is 10.4. The van der Waals surface area contributed by atoms with Crippen LogP contribution in [0.5, 0.6) is 0 Å². The summed E-state index contributed by atoms with van der Waals surface area (Å²) in [6.07, 6.45) is 1.30. The van der Waals surface area contributed by atoms with Gasteiger partial charge in [-0.15, -0.1) is 0 Å². The van der Waals surface area contributed by atoms with Crippen LogP contribution in [0.2, 0.25) is 5.02 Å². The van der Waals surface area contributed by atoms with E-state index >= 15 is 0 Å². The Hall–Kier alpha value is -2.08. The van der Waals surface area contributed by atoms with Crippen molar-refractivity contribution in [2.75, 3.05) is 11.1 Å². The highest BCUT2D eigenvalue weighted by molar-refractivity contribution is 6.33. The van der Waals surface area contributed by atoms with E-state index in [-0.39, 0.29) is 11.9 Å². The molecular weight excluding hydrogens is 230 g/mol. The molecule has 2 rings (SSSR count). The molecule has 16 heavy (non-hydrogen) atoms. The normalized spacial score (nSPS) is 10.1. The molecule has 4 N–H and O–H groups in total. The number of halogens is 1. The van der Waals surface area contributed by atoms with E-state index in [1.807, 2.05) is 0 Å². The molecule has 0 aliphatic rings. The number of nitrogens with two attached hydrogens (primary N) is 1. The molecule has 1 amide bonds. The number of hydrogen-bond acceptors (Lipinski definition) is 4. The zero-order valence-electron chi connectivity index (χ0n) is 8.07. The van der Waals surface area contributed by atoms with Gasteiger partial charge < -0.3 is 5.73 Å². The van der Waals surface area contributed by atoms with Gasteiger partial charge in [-0.3, -0.25) is 10.1 Å². The quantitative estimate of drug-likeness (QED) is 0.686. The number of aromatic nitrogens is 3. The summed E-state index contributed by atoms with van der Waals surface area (Å²) in [7, 11) is 0. The Morgan fingerprint density at radius 3 is 2.94 bits per heavy atom. The van der Waals surface area contributed by atoms with Crippen LogP contribution in [-0.4, -0.2) is 21.1 Å². The van der Waals surface area contributed by atoms with Crippen molar-refractivity contribution in [3.05, 3.63) is 35.1 Å². The van der Waals surface area contributed by atoms with Gasteiger partial charge in [0, 0.05) is 5.56 Å². The van der Waals surface area contributed by atoms with Gasteiger partial charge in [-0.25, -0.2) is 5.10 Å². The minimum atomic E-state index is -0.333. The van der Waals surface area contributed by atoms with Gasteiger partial charge in [0.2, 0.25) is 5.95 Å². The molecule has 1 aromatic carbocycles. The van der Waals surface area contributed by atoms with Gasteiger partial charge in [0.1, 0.15) is 6.33 Å². The van der Waals surface area contributed by atoms with Crippen molar-refractivity contribution in [3.8, 4) is 0 Å². The maximum Gasteiger partial charge on any atom is 0.258 e. The lowest BCUT2D eigenvalue weighted by atomic mass is 10.2. The Kier molecular flexibility index (Phi) is 2.74. The molecule has 0 unspecified atom stereocenters. The summed E-state index contributed by atoms with van der Waals surface area (Å²) in [4.78, 5) is 15.4. The molecule has 82 valence electrons. The Balaban J connectivity index is 2.18. The van der Waals surface area contributed by atoms with Crippen molar-refractivity contribution in [2.24, 2.45) is 0 Å². The first-order valence-electron chi connectivity index (χ1n) is 4.38. The van der Waals surface area contributed by atoms with Gasteiger partial charge in [0.05, 0.1) is 10.7 Å². The third kappa shape index (κ3) is 2.12. The summed E-state index contributed by atoms with van der Waals surface area (Å²) in [5.41, 5.74) is 6.34. The molecule has 0 atom stereocenters. The number of nitrogens with zero attached hydrogens (tertiary/aromatic N) is 2. The van der Waals surface area contributed by atoms with E-state index in [1.54, 1.807) is 12.1 Å². The number of nitrogens with one attached hydrogen (secondary N) is 2. The zero-order valence-corrected chi connectivity index (χ0v) is 8.82. The topological polar surface area (TPSA) is 96.7 Å². The van der Waals surface area contributed by atoms with Gasteiger partial charge in [0.15, 0.2) is 0 Å². The Bertz CT molecular complexity index is 511. The van der Waals surface area contributed by atoms with Gasteiger partial charge in [-0.2, -0.15) is 10.1 Å². The Morgan fingerprint density at radius 1 is 1.50 bits per heavy atom. The number of rotatable bonds is 2. The molecule has 1 heterocycles. The molecule has 0 radical (unpaired) electrons. The molecule has 0 bridgehead atoms. The van der Waals surface area contributed by atoms with Crippen molar-refractivity contribution in [1.82, 2.24) is 15.2 Å². The van der Waals surface area contributed by atoms with Crippen LogP contribution in [0, 0.1) is 0 Å². The summed E-state index contributed by atoms with van der Waals surface area (Å²) < 4.78 is 0. The molecule has 0 saturated heterocycles. The minimum absolute atomic E-state index is 0.276. The number of carbonyl (C=O) groups is 1. The highest BCUT2D eigenvalue weighted by atomic mass is 35.5. The molecule has 0 fully saturated rings. The van der Waals surface area contributed by atoms with Gasteiger partial charge in [0.25, 0.3) is 5.91 Å². The number of carbonyl (C=O) groups excluding carboxylic acids is 1. The molecule has 2 aromatic rings. The van der Waals surface area contributed by atoms with Gasteiger partial charge in [-0.05, 0) is 18.2 Å². The second-order valence-corrected chi connectivity index (χ2v) is 3.43. The lowest BCUT2D eigenvalue weighted by Crippen LogP contribution is -2.13. The Morgan fingerprint density at radius 2 is 2.31 bits per heavy atom.